The summed E-state index contributed by atoms with van der Waals surface area (Å²) in [4.78, 5) is 22.5. The monoisotopic (exact) mass is 333 g/mol. The second-order valence-corrected chi connectivity index (χ2v) is 6.58. The van der Waals surface area contributed by atoms with Crippen LogP contribution in [0.1, 0.15) is 45.6 Å². The molecule has 0 aliphatic carbocycles. The predicted molar refractivity (Wildman–Crippen MR) is 94.1 cm³/mol. The third-order valence-corrected chi connectivity index (χ3v) is 3.73. The maximum atomic E-state index is 11.7. The third kappa shape index (κ3) is 6.44. The number of nitrogens with one attached hydrogen (secondary N) is 1. The van der Waals surface area contributed by atoms with Gasteiger partial charge in [-0.1, -0.05) is 46.4 Å². The van der Waals surface area contributed by atoms with E-state index in [2.05, 4.69) is 39.6 Å². The molecular weight excluding hydrogens is 306 g/mol. The molecule has 1 aromatic rings. The lowest BCUT2D eigenvalue weighted by atomic mass is 9.75. The van der Waals surface area contributed by atoms with E-state index in [1.165, 1.54) is 5.56 Å². The molecule has 132 valence electrons. The second-order valence-electron chi connectivity index (χ2n) is 6.58. The molecule has 1 unspecified atom stereocenters. The Morgan fingerprint density at radius 3 is 2.38 bits per heavy atom. The van der Waals surface area contributed by atoms with Gasteiger partial charge in [-0.25, -0.2) is 9.59 Å². The average Bonchev–Trinajstić information content (AvgIpc) is 2.52. The van der Waals surface area contributed by atoms with E-state index in [1.54, 1.807) is 12.1 Å². The van der Waals surface area contributed by atoms with E-state index in [1.807, 2.05) is 12.1 Å². The van der Waals surface area contributed by atoms with Crippen molar-refractivity contribution in [3.05, 3.63) is 42.5 Å². The van der Waals surface area contributed by atoms with Gasteiger partial charge in [0.05, 0.1) is 6.54 Å². The van der Waals surface area contributed by atoms with Gasteiger partial charge >= 0.3 is 12.1 Å². The summed E-state index contributed by atoms with van der Waals surface area (Å²) >= 11 is 0. The first-order chi connectivity index (χ1) is 11.3. The molecule has 0 saturated carbocycles. The molecule has 24 heavy (non-hydrogen) atoms. The Bertz CT molecular complexity index is 558. The lowest BCUT2D eigenvalue weighted by Crippen LogP contribution is -2.30. The van der Waals surface area contributed by atoms with E-state index in [9.17, 15) is 9.59 Å². The maximum Gasteiger partial charge on any atom is 0.412 e. The fourth-order valence-corrected chi connectivity index (χ4v) is 2.62. The Labute approximate surface area is 144 Å². The topological polar surface area (TPSA) is 64.6 Å². The number of benzene rings is 1. The molecule has 0 fully saturated rings. The van der Waals surface area contributed by atoms with Crippen molar-refractivity contribution in [2.75, 3.05) is 13.2 Å². The van der Waals surface area contributed by atoms with Crippen molar-refractivity contribution in [3.63, 3.8) is 0 Å². The lowest BCUT2D eigenvalue weighted by Gasteiger charge is -2.30. The fourth-order valence-electron chi connectivity index (χ4n) is 2.62. The number of amides is 1. The SMILES string of the molecule is C=CC(=O)OCCNC(=O)Oc1ccc(C(CC)C(C)(C)C)cc1. The number of hydrogen-bond acceptors (Lipinski definition) is 4. The Morgan fingerprint density at radius 1 is 1.25 bits per heavy atom. The van der Waals surface area contributed by atoms with Crippen LogP contribution in [-0.4, -0.2) is 25.2 Å². The van der Waals surface area contributed by atoms with E-state index in [-0.39, 0.29) is 18.6 Å². The van der Waals surface area contributed by atoms with E-state index in [0.29, 0.717) is 11.7 Å². The summed E-state index contributed by atoms with van der Waals surface area (Å²) in [5.74, 6) is 0.396. The number of esters is 1. The molecular formula is C19H27NO4. The molecule has 0 radical (unpaired) electrons. The molecule has 0 aliphatic heterocycles. The highest BCUT2D eigenvalue weighted by Gasteiger charge is 2.24. The molecule has 1 atom stereocenters. The quantitative estimate of drug-likeness (QED) is 0.464. The molecule has 0 aliphatic rings. The van der Waals surface area contributed by atoms with Gasteiger partial charge in [0.2, 0.25) is 0 Å². The molecule has 0 aromatic heterocycles. The van der Waals surface area contributed by atoms with Crippen LogP contribution >= 0.6 is 0 Å². The summed E-state index contributed by atoms with van der Waals surface area (Å²) < 4.78 is 9.94. The van der Waals surface area contributed by atoms with Crippen molar-refractivity contribution in [3.8, 4) is 5.75 Å². The van der Waals surface area contributed by atoms with Crippen LogP contribution < -0.4 is 10.1 Å². The molecule has 1 rings (SSSR count). The van der Waals surface area contributed by atoms with Crippen molar-refractivity contribution >= 4 is 12.1 Å². The van der Waals surface area contributed by atoms with Gasteiger partial charge in [-0.2, -0.15) is 0 Å². The van der Waals surface area contributed by atoms with Gasteiger partial charge in [0, 0.05) is 6.08 Å². The van der Waals surface area contributed by atoms with E-state index in [4.69, 9.17) is 9.47 Å². The van der Waals surface area contributed by atoms with Crippen molar-refractivity contribution in [1.82, 2.24) is 5.32 Å². The highest BCUT2D eigenvalue weighted by atomic mass is 16.6. The number of carbonyl (C=O) groups is 2. The highest BCUT2D eigenvalue weighted by molar-refractivity contribution is 5.81. The predicted octanol–water partition coefficient (Wildman–Crippen LogP) is 4.04. The largest absolute Gasteiger partial charge is 0.461 e. The molecule has 0 spiro atoms. The smallest absolute Gasteiger partial charge is 0.412 e. The van der Waals surface area contributed by atoms with Gasteiger partial charge in [0.25, 0.3) is 0 Å². The normalized spacial score (nSPS) is 12.2. The molecule has 1 amide bonds. The zero-order chi connectivity index (χ0) is 18.2. The van der Waals surface area contributed by atoms with Gasteiger partial charge in [-0.3, -0.25) is 0 Å². The van der Waals surface area contributed by atoms with Crippen LogP contribution in [0.15, 0.2) is 36.9 Å². The number of hydrogen-bond donors (Lipinski definition) is 1. The molecule has 5 nitrogen and oxygen atoms in total. The minimum atomic E-state index is -0.583. The Morgan fingerprint density at radius 2 is 1.88 bits per heavy atom. The molecule has 0 bridgehead atoms. The minimum absolute atomic E-state index is 0.0721. The summed E-state index contributed by atoms with van der Waals surface area (Å²) in [5, 5.41) is 2.51. The lowest BCUT2D eigenvalue weighted by molar-refractivity contribution is -0.137. The van der Waals surface area contributed by atoms with Crippen LogP contribution in [0, 0.1) is 5.41 Å². The number of rotatable bonds is 7. The van der Waals surface area contributed by atoms with Gasteiger partial charge in [0.15, 0.2) is 0 Å². The Hall–Kier alpha value is -2.30. The fraction of sp³-hybridized carbons (Fsp3) is 0.474. The van der Waals surface area contributed by atoms with E-state index in [0.717, 1.165) is 12.5 Å². The third-order valence-electron chi connectivity index (χ3n) is 3.73. The highest BCUT2D eigenvalue weighted by Crippen LogP contribution is 2.37. The molecule has 5 heteroatoms. The molecule has 0 heterocycles. The van der Waals surface area contributed by atoms with Crippen LogP contribution in [0.4, 0.5) is 4.79 Å². The van der Waals surface area contributed by atoms with E-state index < -0.39 is 12.1 Å². The summed E-state index contributed by atoms with van der Waals surface area (Å²) in [6, 6.07) is 7.57. The van der Waals surface area contributed by atoms with Crippen molar-refractivity contribution in [1.29, 1.82) is 0 Å². The van der Waals surface area contributed by atoms with Gasteiger partial charge in [-0.15, -0.1) is 0 Å². The standard InChI is InChI=1S/C19H27NO4/c1-6-16(19(3,4)5)14-8-10-15(11-9-14)24-18(22)20-12-13-23-17(21)7-2/h7-11,16H,2,6,12-13H2,1,3-5H3,(H,20,22). The molecule has 1 aromatic carbocycles. The second kappa shape index (κ2) is 9.11. The number of carbonyl (C=O) groups excluding carboxylic acids is 2. The summed E-state index contributed by atoms with van der Waals surface area (Å²) in [5.41, 5.74) is 1.41. The van der Waals surface area contributed by atoms with Crippen LogP contribution in [0.2, 0.25) is 0 Å². The Balaban J connectivity index is 2.50. The van der Waals surface area contributed by atoms with Gasteiger partial charge < -0.3 is 14.8 Å². The Kier molecular flexibility index (Phi) is 7.49. The number of ether oxygens (including phenoxy) is 2. The van der Waals surface area contributed by atoms with Crippen LogP contribution in [0.25, 0.3) is 0 Å². The van der Waals surface area contributed by atoms with Crippen LogP contribution in [-0.2, 0) is 9.53 Å². The first-order valence-electron chi connectivity index (χ1n) is 8.12. The maximum absolute atomic E-state index is 11.7. The zero-order valence-electron chi connectivity index (χ0n) is 14.9. The summed E-state index contributed by atoms with van der Waals surface area (Å²) in [7, 11) is 0. The van der Waals surface area contributed by atoms with Crippen molar-refractivity contribution < 1.29 is 19.1 Å². The van der Waals surface area contributed by atoms with Gasteiger partial charge in [0.1, 0.15) is 12.4 Å². The summed E-state index contributed by atoms with van der Waals surface area (Å²) in [6.45, 7) is 12.4. The summed E-state index contributed by atoms with van der Waals surface area (Å²) in [6.07, 6.45) is 1.54. The van der Waals surface area contributed by atoms with E-state index >= 15 is 0 Å². The molecule has 1 N–H and O–H groups in total. The first kappa shape index (κ1) is 19.7. The average molecular weight is 333 g/mol. The molecule has 0 saturated heterocycles. The van der Waals surface area contributed by atoms with Gasteiger partial charge in [-0.05, 0) is 35.4 Å². The van der Waals surface area contributed by atoms with Crippen molar-refractivity contribution in [2.45, 2.75) is 40.0 Å². The first-order valence-corrected chi connectivity index (χ1v) is 8.12. The van der Waals surface area contributed by atoms with Crippen LogP contribution in [0.5, 0.6) is 5.75 Å². The van der Waals surface area contributed by atoms with Crippen molar-refractivity contribution in [2.24, 2.45) is 5.41 Å². The minimum Gasteiger partial charge on any atom is -0.461 e. The zero-order valence-corrected chi connectivity index (χ0v) is 14.9. The van der Waals surface area contributed by atoms with Crippen LogP contribution in [0.3, 0.4) is 0 Å².